The molecule has 0 saturated carbocycles. The van der Waals surface area contributed by atoms with Crippen LogP contribution in [0.5, 0.6) is 5.75 Å². The summed E-state index contributed by atoms with van der Waals surface area (Å²) in [6.45, 7) is 10.2. The number of benzene rings is 3. The monoisotopic (exact) mass is 679 g/mol. The SMILES string of the molecule is C=CCN1C(=O)[C@]2(O[C@H](CCn3cc(C(CO)c4ccccc4)nn3)[C@@H]([Si](C)(C)O)[C@@H]2C)c2cc(N3C(=O)COc4ccccc43)ccc21. The molecule has 12 heteroatoms. The minimum absolute atomic E-state index is 0.101. The van der Waals surface area contributed by atoms with Gasteiger partial charge in [-0.2, -0.15) is 0 Å². The second kappa shape index (κ2) is 12.7. The highest BCUT2D eigenvalue weighted by atomic mass is 28.4. The zero-order valence-corrected chi connectivity index (χ0v) is 28.9. The molecular formula is C37H41N5O6Si. The average molecular weight is 680 g/mol. The molecule has 1 unspecified atom stereocenters. The van der Waals surface area contributed by atoms with Gasteiger partial charge < -0.3 is 24.3 Å². The van der Waals surface area contributed by atoms with Crippen molar-refractivity contribution in [2.45, 2.75) is 56.1 Å². The van der Waals surface area contributed by atoms with E-state index in [2.05, 4.69) is 16.9 Å². The summed E-state index contributed by atoms with van der Waals surface area (Å²) in [6.07, 6.45) is 3.54. The molecule has 7 rings (SSSR count). The van der Waals surface area contributed by atoms with Crippen LogP contribution in [0.4, 0.5) is 17.1 Å². The molecule has 5 atom stereocenters. The molecule has 0 bridgehead atoms. The molecule has 0 aliphatic carbocycles. The van der Waals surface area contributed by atoms with Gasteiger partial charge in [-0.3, -0.25) is 19.2 Å². The van der Waals surface area contributed by atoms with Crippen LogP contribution in [0, 0.1) is 5.92 Å². The van der Waals surface area contributed by atoms with Crippen LogP contribution in [0.2, 0.25) is 18.6 Å². The minimum atomic E-state index is -2.92. The molecule has 254 valence electrons. The van der Waals surface area contributed by atoms with E-state index in [4.69, 9.17) is 9.47 Å². The van der Waals surface area contributed by atoms with Crippen molar-refractivity contribution >= 4 is 37.2 Å². The fourth-order valence-electron chi connectivity index (χ4n) is 8.07. The largest absolute Gasteiger partial charge is 0.482 e. The Kier molecular flexibility index (Phi) is 8.51. The number of amides is 2. The van der Waals surface area contributed by atoms with Gasteiger partial charge in [0.2, 0.25) is 0 Å². The van der Waals surface area contributed by atoms with Crippen molar-refractivity contribution in [1.82, 2.24) is 15.0 Å². The van der Waals surface area contributed by atoms with Gasteiger partial charge in [-0.05, 0) is 55.4 Å². The van der Waals surface area contributed by atoms with E-state index >= 15 is 0 Å². The lowest BCUT2D eigenvalue weighted by molar-refractivity contribution is -0.145. The Labute approximate surface area is 286 Å². The third-order valence-corrected chi connectivity index (χ3v) is 12.7. The van der Waals surface area contributed by atoms with Gasteiger partial charge in [-0.1, -0.05) is 60.7 Å². The van der Waals surface area contributed by atoms with E-state index in [0.29, 0.717) is 47.0 Å². The lowest BCUT2D eigenvalue weighted by atomic mass is 9.82. The Bertz CT molecular complexity index is 1890. The molecule has 3 aliphatic rings. The molecule has 1 aromatic heterocycles. The number of aliphatic hydroxyl groups excluding tert-OH is 1. The molecule has 1 saturated heterocycles. The number of anilines is 3. The number of aliphatic hydroxyl groups is 1. The van der Waals surface area contributed by atoms with Gasteiger partial charge in [-0.25, -0.2) is 0 Å². The highest BCUT2D eigenvalue weighted by Gasteiger charge is 2.66. The van der Waals surface area contributed by atoms with Gasteiger partial charge in [0.1, 0.15) is 5.75 Å². The van der Waals surface area contributed by atoms with Crippen LogP contribution in [0.1, 0.15) is 36.1 Å². The fourth-order valence-corrected chi connectivity index (χ4v) is 10.7. The zero-order valence-electron chi connectivity index (χ0n) is 27.9. The first-order chi connectivity index (χ1) is 23.6. The van der Waals surface area contributed by atoms with Crippen molar-refractivity contribution in [3.05, 3.63) is 108 Å². The number of fused-ring (bicyclic) bond motifs is 3. The molecule has 4 aromatic rings. The maximum absolute atomic E-state index is 14.6. The summed E-state index contributed by atoms with van der Waals surface area (Å²) in [5, 5.41) is 18.9. The molecule has 3 aliphatic heterocycles. The van der Waals surface area contributed by atoms with Crippen LogP contribution in [-0.2, 0) is 26.5 Å². The number of carbonyl (C=O) groups is 2. The van der Waals surface area contributed by atoms with E-state index in [1.54, 1.807) is 20.6 Å². The zero-order chi connectivity index (χ0) is 34.5. The van der Waals surface area contributed by atoms with Crippen molar-refractivity contribution < 1.29 is 29.0 Å². The Morgan fingerprint density at radius 3 is 2.57 bits per heavy atom. The van der Waals surface area contributed by atoms with Crippen LogP contribution < -0.4 is 14.5 Å². The number of carbonyl (C=O) groups excluding carboxylic acids is 2. The summed E-state index contributed by atoms with van der Waals surface area (Å²) in [5.74, 6) is -0.506. The van der Waals surface area contributed by atoms with Gasteiger partial charge >= 0.3 is 0 Å². The lowest BCUT2D eigenvalue weighted by Gasteiger charge is -2.33. The maximum atomic E-state index is 14.6. The summed E-state index contributed by atoms with van der Waals surface area (Å²) in [4.78, 5) is 42.9. The molecule has 0 radical (unpaired) electrons. The average Bonchev–Trinajstić information content (AvgIpc) is 3.75. The maximum Gasteiger partial charge on any atom is 0.269 e. The highest BCUT2D eigenvalue weighted by molar-refractivity contribution is 6.71. The summed E-state index contributed by atoms with van der Waals surface area (Å²) in [6, 6.07) is 22.7. The number of para-hydroxylation sites is 2. The van der Waals surface area contributed by atoms with Gasteiger partial charge in [0.25, 0.3) is 11.8 Å². The number of aromatic nitrogens is 3. The van der Waals surface area contributed by atoms with Gasteiger partial charge in [-0.15, -0.1) is 11.7 Å². The van der Waals surface area contributed by atoms with Gasteiger partial charge in [0.05, 0.1) is 35.7 Å². The summed E-state index contributed by atoms with van der Waals surface area (Å²) in [5.41, 5.74) is 2.54. The number of aryl methyl sites for hydroxylation is 1. The van der Waals surface area contributed by atoms with Crippen molar-refractivity contribution in [2.75, 3.05) is 29.6 Å². The van der Waals surface area contributed by atoms with E-state index in [9.17, 15) is 19.5 Å². The Balaban J connectivity index is 1.24. The first-order valence-corrected chi connectivity index (χ1v) is 19.7. The predicted octanol–water partition coefficient (Wildman–Crippen LogP) is 4.88. The van der Waals surface area contributed by atoms with Crippen molar-refractivity contribution in [2.24, 2.45) is 5.92 Å². The summed E-state index contributed by atoms with van der Waals surface area (Å²) in [7, 11) is -2.92. The molecule has 49 heavy (non-hydrogen) atoms. The van der Waals surface area contributed by atoms with Crippen molar-refractivity contribution in [3.8, 4) is 5.75 Å². The number of nitrogens with zero attached hydrogens (tertiary/aromatic N) is 5. The number of ether oxygens (including phenoxy) is 2. The van der Waals surface area contributed by atoms with E-state index < -0.39 is 20.0 Å². The first kappa shape index (κ1) is 32.9. The van der Waals surface area contributed by atoms with Crippen molar-refractivity contribution in [1.29, 1.82) is 0 Å². The quantitative estimate of drug-likeness (QED) is 0.179. The number of rotatable bonds is 10. The molecule has 3 aromatic carbocycles. The van der Waals surface area contributed by atoms with Crippen LogP contribution >= 0.6 is 0 Å². The fraction of sp³-hybridized carbons (Fsp3) is 0.351. The molecule has 4 heterocycles. The predicted molar refractivity (Wildman–Crippen MR) is 187 cm³/mol. The molecular weight excluding hydrogens is 639 g/mol. The number of hydrogen-bond acceptors (Lipinski definition) is 8. The molecule has 1 spiro atoms. The Morgan fingerprint density at radius 1 is 1.08 bits per heavy atom. The Morgan fingerprint density at radius 2 is 1.84 bits per heavy atom. The summed E-state index contributed by atoms with van der Waals surface area (Å²) < 4.78 is 14.4. The summed E-state index contributed by atoms with van der Waals surface area (Å²) >= 11 is 0. The second-order valence-corrected chi connectivity index (χ2v) is 17.6. The third kappa shape index (κ3) is 5.48. The second-order valence-electron chi connectivity index (χ2n) is 13.6. The minimum Gasteiger partial charge on any atom is -0.482 e. The molecule has 11 nitrogen and oxygen atoms in total. The highest BCUT2D eigenvalue weighted by Crippen LogP contribution is 2.60. The molecule has 2 amide bonds. The van der Waals surface area contributed by atoms with Gasteiger partial charge in [0, 0.05) is 42.0 Å². The normalized spacial score (nSPS) is 23.8. The van der Waals surface area contributed by atoms with E-state index in [0.717, 1.165) is 5.56 Å². The number of hydrogen-bond donors (Lipinski definition) is 2. The first-order valence-electron chi connectivity index (χ1n) is 16.7. The lowest BCUT2D eigenvalue weighted by Crippen LogP contribution is -2.46. The third-order valence-electron chi connectivity index (χ3n) is 10.2. The molecule has 1 fully saturated rings. The van der Waals surface area contributed by atoms with E-state index in [1.165, 1.54) is 0 Å². The van der Waals surface area contributed by atoms with Crippen LogP contribution in [-0.4, -0.2) is 70.9 Å². The van der Waals surface area contributed by atoms with Crippen LogP contribution in [0.25, 0.3) is 0 Å². The molecule has 2 N–H and O–H groups in total. The van der Waals surface area contributed by atoms with E-state index in [1.807, 2.05) is 99.0 Å². The van der Waals surface area contributed by atoms with Crippen LogP contribution in [0.15, 0.2) is 91.6 Å². The van der Waals surface area contributed by atoms with E-state index in [-0.39, 0.29) is 48.9 Å². The smallest absolute Gasteiger partial charge is 0.269 e. The van der Waals surface area contributed by atoms with Crippen molar-refractivity contribution in [3.63, 3.8) is 0 Å². The standard InChI is InChI=1S/C37H41N5O6Si/c1-5-18-41-30-16-15-26(42-31-13-9-10-14-32(31)47-23-34(42)44)20-28(30)37(36(41)45)24(2)35(49(3,4)46)33(48-37)17-19-40-21-29(38-39-40)27(22-43)25-11-7-6-8-12-25/h5-16,20-21,24,27,33,35,43,46H,1,17-19,22-23H2,2-4H3/t24-,27?,33+,35-,37+/m0/s1. The topological polar surface area (TPSA) is 130 Å². The van der Waals surface area contributed by atoms with Gasteiger partial charge in [0.15, 0.2) is 20.5 Å². The van der Waals surface area contributed by atoms with Crippen LogP contribution in [0.3, 0.4) is 0 Å². The Hall–Kier alpha value is -4.62.